The Morgan fingerprint density at radius 2 is 2.09 bits per heavy atom. The van der Waals surface area contributed by atoms with Crippen molar-refractivity contribution in [1.82, 2.24) is 9.88 Å². The van der Waals surface area contributed by atoms with Crippen molar-refractivity contribution in [3.8, 4) is 6.07 Å². The van der Waals surface area contributed by atoms with Crippen LogP contribution in [0.3, 0.4) is 0 Å². The van der Waals surface area contributed by atoms with Crippen LogP contribution in [0.1, 0.15) is 18.2 Å². The first-order valence-corrected chi connectivity index (χ1v) is 7.59. The van der Waals surface area contributed by atoms with Crippen molar-refractivity contribution in [2.75, 3.05) is 32.0 Å². The van der Waals surface area contributed by atoms with E-state index < -0.39 is 0 Å². The number of morpholine rings is 1. The monoisotopic (exact) mass is 296 g/mol. The van der Waals surface area contributed by atoms with Crippen molar-refractivity contribution < 1.29 is 4.74 Å². The lowest BCUT2D eigenvalue weighted by Crippen LogP contribution is -2.43. The maximum absolute atomic E-state index is 9.48. The number of fused-ring (bicyclic) bond motifs is 1. The van der Waals surface area contributed by atoms with Gasteiger partial charge in [-0.25, -0.2) is 0 Å². The molecule has 1 aromatic heterocycles. The van der Waals surface area contributed by atoms with Gasteiger partial charge in [0.25, 0.3) is 0 Å². The molecule has 0 bridgehead atoms. The molecule has 3 rings (SSSR count). The zero-order valence-corrected chi connectivity index (χ0v) is 12.7. The van der Waals surface area contributed by atoms with Crippen LogP contribution in [0, 0.1) is 11.3 Å². The molecule has 1 saturated heterocycles. The van der Waals surface area contributed by atoms with Crippen molar-refractivity contribution in [2.45, 2.75) is 19.4 Å². The summed E-state index contributed by atoms with van der Waals surface area (Å²) < 4.78 is 5.39. The molecule has 1 aliphatic rings. The molecule has 0 saturated carbocycles. The summed E-state index contributed by atoms with van der Waals surface area (Å²) in [7, 11) is 0. The first-order valence-electron chi connectivity index (χ1n) is 7.59. The summed E-state index contributed by atoms with van der Waals surface area (Å²) in [6.07, 6.45) is 0.720. The van der Waals surface area contributed by atoms with E-state index in [0.29, 0.717) is 17.3 Å². The highest BCUT2D eigenvalue weighted by Gasteiger charge is 2.20. The number of hydrogen-bond donors (Lipinski definition) is 1. The Hall–Kier alpha value is -2.16. The quantitative estimate of drug-likeness (QED) is 0.937. The van der Waals surface area contributed by atoms with Crippen LogP contribution in [0.4, 0.5) is 5.69 Å². The van der Waals surface area contributed by atoms with Gasteiger partial charge in [0.15, 0.2) is 0 Å². The van der Waals surface area contributed by atoms with E-state index in [-0.39, 0.29) is 0 Å². The molecule has 0 spiro atoms. The molecule has 2 aromatic rings. The molecule has 0 radical (unpaired) electrons. The Kier molecular flexibility index (Phi) is 4.23. The Morgan fingerprint density at radius 1 is 1.36 bits per heavy atom. The van der Waals surface area contributed by atoms with Crippen molar-refractivity contribution in [2.24, 2.45) is 0 Å². The Bertz CT molecular complexity index is 716. The molecule has 0 aliphatic carbocycles. The van der Waals surface area contributed by atoms with Gasteiger partial charge in [0.1, 0.15) is 6.07 Å². The first kappa shape index (κ1) is 14.8. The summed E-state index contributed by atoms with van der Waals surface area (Å²) >= 11 is 0. The smallest absolute Gasteiger partial charge is 0.103 e. The van der Waals surface area contributed by atoms with E-state index in [1.807, 2.05) is 24.3 Å². The number of anilines is 1. The van der Waals surface area contributed by atoms with E-state index in [1.165, 1.54) is 0 Å². The number of aromatic nitrogens is 1. The zero-order valence-electron chi connectivity index (χ0n) is 12.7. The molecule has 22 heavy (non-hydrogen) atoms. The molecule has 1 aromatic carbocycles. The minimum Gasteiger partial charge on any atom is -0.397 e. The number of nitrogens with two attached hydrogens (primary N) is 1. The van der Waals surface area contributed by atoms with Crippen LogP contribution in [0.2, 0.25) is 0 Å². The lowest BCUT2D eigenvalue weighted by Gasteiger charge is -2.32. The molecule has 1 fully saturated rings. The maximum atomic E-state index is 9.48. The molecule has 1 unspecified atom stereocenters. The molecule has 0 amide bonds. The van der Waals surface area contributed by atoms with Crippen LogP contribution in [-0.4, -0.2) is 42.2 Å². The molecular formula is C17H20N4O. The number of hydrogen-bond acceptors (Lipinski definition) is 5. The van der Waals surface area contributed by atoms with Gasteiger partial charge in [-0.1, -0.05) is 18.2 Å². The molecule has 1 aliphatic heterocycles. The minimum atomic E-state index is 0.309. The first-order chi connectivity index (χ1) is 10.7. The average molecular weight is 296 g/mol. The number of rotatable bonds is 3. The Labute approximate surface area is 130 Å². The number of nitriles is 1. The number of pyridine rings is 1. The van der Waals surface area contributed by atoms with Gasteiger partial charge in [-0.05, 0) is 13.0 Å². The average Bonchev–Trinajstić information content (AvgIpc) is 2.56. The summed E-state index contributed by atoms with van der Waals surface area (Å²) in [6, 6.07) is 10.2. The second kappa shape index (κ2) is 6.30. The lowest BCUT2D eigenvalue weighted by molar-refractivity contribution is 0.0202. The summed E-state index contributed by atoms with van der Waals surface area (Å²) in [6.45, 7) is 5.54. The third kappa shape index (κ3) is 2.76. The van der Waals surface area contributed by atoms with Crippen LogP contribution >= 0.6 is 0 Å². The van der Waals surface area contributed by atoms with Crippen molar-refractivity contribution in [3.63, 3.8) is 0 Å². The number of nitrogen functional groups attached to an aromatic ring is 1. The van der Waals surface area contributed by atoms with E-state index in [2.05, 4.69) is 22.9 Å². The van der Waals surface area contributed by atoms with Gasteiger partial charge in [0, 0.05) is 30.9 Å². The minimum absolute atomic E-state index is 0.309. The Morgan fingerprint density at radius 3 is 2.82 bits per heavy atom. The van der Waals surface area contributed by atoms with Crippen LogP contribution < -0.4 is 5.73 Å². The van der Waals surface area contributed by atoms with Gasteiger partial charge in [0.2, 0.25) is 0 Å². The van der Waals surface area contributed by atoms with Crippen molar-refractivity contribution >= 4 is 16.6 Å². The summed E-state index contributed by atoms with van der Waals surface area (Å²) in [4.78, 5) is 7.05. The van der Waals surface area contributed by atoms with Crippen LogP contribution in [0.15, 0.2) is 24.3 Å². The highest BCUT2D eigenvalue weighted by molar-refractivity contribution is 5.93. The second-order valence-corrected chi connectivity index (χ2v) is 5.68. The van der Waals surface area contributed by atoms with Gasteiger partial charge >= 0.3 is 0 Å². The topological polar surface area (TPSA) is 75.2 Å². The van der Waals surface area contributed by atoms with E-state index in [9.17, 15) is 5.26 Å². The van der Waals surface area contributed by atoms with Gasteiger partial charge in [-0.3, -0.25) is 9.88 Å². The van der Waals surface area contributed by atoms with E-state index in [4.69, 9.17) is 10.5 Å². The summed E-state index contributed by atoms with van der Waals surface area (Å²) in [5.41, 5.74) is 8.88. The summed E-state index contributed by atoms with van der Waals surface area (Å²) in [5.74, 6) is 0. The summed E-state index contributed by atoms with van der Waals surface area (Å²) in [5, 5.41) is 10.3. The SMILES string of the molecule is CC(Cc1nc2ccccc2c(N)c1C#N)N1CCOCC1. The van der Waals surface area contributed by atoms with Crippen molar-refractivity contribution in [3.05, 3.63) is 35.5 Å². The fourth-order valence-electron chi connectivity index (χ4n) is 2.99. The standard InChI is InChI=1S/C17H20N4O/c1-12(21-6-8-22-9-7-21)10-16-14(11-18)17(19)13-4-2-3-5-15(13)20-16/h2-5,12H,6-10H2,1H3,(H2,19,20). The third-order valence-corrected chi connectivity index (χ3v) is 4.28. The number of para-hydroxylation sites is 1. The van der Waals surface area contributed by atoms with Crippen molar-refractivity contribution in [1.29, 1.82) is 5.26 Å². The number of ether oxygens (including phenoxy) is 1. The van der Waals surface area contributed by atoms with Crippen LogP contribution in [0.25, 0.3) is 10.9 Å². The normalized spacial score (nSPS) is 17.3. The predicted octanol–water partition coefficient (Wildman–Crippen LogP) is 1.95. The molecule has 1 atom stereocenters. The number of nitrogens with zero attached hydrogens (tertiary/aromatic N) is 3. The van der Waals surface area contributed by atoms with E-state index >= 15 is 0 Å². The predicted molar refractivity (Wildman–Crippen MR) is 86.4 cm³/mol. The third-order valence-electron chi connectivity index (χ3n) is 4.28. The Balaban J connectivity index is 1.94. The van der Waals surface area contributed by atoms with Crippen LogP contribution in [0.5, 0.6) is 0 Å². The fourth-order valence-corrected chi connectivity index (χ4v) is 2.99. The number of benzene rings is 1. The largest absolute Gasteiger partial charge is 0.397 e. The molecule has 114 valence electrons. The highest BCUT2D eigenvalue weighted by atomic mass is 16.5. The van der Waals surface area contributed by atoms with Gasteiger partial charge in [-0.15, -0.1) is 0 Å². The zero-order chi connectivity index (χ0) is 15.5. The highest BCUT2D eigenvalue weighted by Crippen LogP contribution is 2.26. The molecule has 5 nitrogen and oxygen atoms in total. The van der Waals surface area contributed by atoms with Gasteiger partial charge in [0.05, 0.1) is 35.7 Å². The van der Waals surface area contributed by atoms with E-state index in [0.717, 1.165) is 49.3 Å². The fraction of sp³-hybridized carbons (Fsp3) is 0.412. The van der Waals surface area contributed by atoms with Gasteiger partial charge < -0.3 is 10.5 Å². The van der Waals surface area contributed by atoms with Gasteiger partial charge in [-0.2, -0.15) is 5.26 Å². The second-order valence-electron chi connectivity index (χ2n) is 5.68. The molecular weight excluding hydrogens is 276 g/mol. The molecule has 2 heterocycles. The lowest BCUT2D eigenvalue weighted by atomic mass is 10.0. The van der Waals surface area contributed by atoms with E-state index in [1.54, 1.807) is 0 Å². The molecule has 2 N–H and O–H groups in total. The van der Waals surface area contributed by atoms with Crippen LogP contribution in [-0.2, 0) is 11.2 Å². The molecule has 5 heteroatoms. The maximum Gasteiger partial charge on any atom is 0.103 e.